The smallest absolute Gasteiger partial charge is 0.241 e. The molecule has 1 saturated heterocycles. The number of nitrogens with zero attached hydrogens (tertiary/aromatic N) is 3. The van der Waals surface area contributed by atoms with E-state index in [2.05, 4.69) is 39.4 Å². The van der Waals surface area contributed by atoms with Crippen LogP contribution in [-0.2, 0) is 17.8 Å². The van der Waals surface area contributed by atoms with Crippen molar-refractivity contribution in [3.63, 3.8) is 0 Å². The highest BCUT2D eigenvalue weighted by Gasteiger charge is 2.25. The van der Waals surface area contributed by atoms with Gasteiger partial charge in [0.05, 0.1) is 6.54 Å². The zero-order chi connectivity index (χ0) is 16.9. The quantitative estimate of drug-likeness (QED) is 0.911. The third-order valence-corrected chi connectivity index (χ3v) is 4.65. The summed E-state index contributed by atoms with van der Waals surface area (Å²) in [5, 5.41) is 6.82. The third kappa shape index (κ3) is 3.82. The molecule has 2 aromatic rings. The maximum atomic E-state index is 11.7. The molecule has 0 unspecified atom stereocenters. The fraction of sp³-hybridized carbons (Fsp3) is 0.500. The molecular weight excluding hydrogens is 304 g/mol. The number of benzene rings is 1. The normalized spacial score (nSPS) is 16.2. The first kappa shape index (κ1) is 16.6. The maximum Gasteiger partial charge on any atom is 0.241 e. The van der Waals surface area contributed by atoms with Gasteiger partial charge in [-0.2, -0.15) is 4.98 Å². The van der Waals surface area contributed by atoms with Crippen LogP contribution >= 0.6 is 0 Å². The minimum absolute atomic E-state index is 0.126. The number of aryl methyl sites for hydroxylation is 1. The number of nitrogens with one attached hydrogen (secondary N) is 1. The van der Waals surface area contributed by atoms with Gasteiger partial charge in [-0.15, -0.1) is 0 Å². The van der Waals surface area contributed by atoms with Crippen molar-refractivity contribution in [2.24, 2.45) is 5.92 Å². The Hall–Kier alpha value is -2.21. The molecule has 1 aromatic heterocycles. The lowest BCUT2D eigenvalue weighted by molar-refractivity contribution is -0.125. The second-order valence-electron chi connectivity index (χ2n) is 6.23. The Kier molecular flexibility index (Phi) is 5.25. The molecule has 0 atom stereocenters. The highest BCUT2D eigenvalue weighted by molar-refractivity contribution is 5.78. The topological polar surface area (TPSA) is 71.3 Å². The first-order valence-electron chi connectivity index (χ1n) is 8.55. The van der Waals surface area contributed by atoms with Crippen molar-refractivity contribution in [1.82, 2.24) is 20.4 Å². The summed E-state index contributed by atoms with van der Waals surface area (Å²) in [6.07, 6.45) is 2.77. The van der Waals surface area contributed by atoms with E-state index in [0.29, 0.717) is 18.3 Å². The van der Waals surface area contributed by atoms with Crippen LogP contribution in [0.5, 0.6) is 0 Å². The Balaban J connectivity index is 1.57. The predicted octanol–water partition coefficient (Wildman–Crippen LogP) is 2.26. The lowest BCUT2D eigenvalue weighted by Gasteiger charge is -2.29. The molecule has 0 radical (unpaired) electrons. The first-order valence-corrected chi connectivity index (χ1v) is 8.55. The molecule has 1 aliphatic heterocycles. The average molecular weight is 328 g/mol. The van der Waals surface area contributed by atoms with Gasteiger partial charge in [0.25, 0.3) is 0 Å². The Morgan fingerprint density at radius 3 is 2.62 bits per heavy atom. The molecule has 1 fully saturated rings. The molecule has 0 bridgehead atoms. The zero-order valence-electron chi connectivity index (χ0n) is 14.3. The van der Waals surface area contributed by atoms with Gasteiger partial charge in [0.2, 0.25) is 17.6 Å². The first-order chi connectivity index (χ1) is 11.7. The number of carbonyl (C=O) groups excluding carboxylic acids is 1. The lowest BCUT2D eigenvalue weighted by atomic mass is 9.96. The van der Waals surface area contributed by atoms with Gasteiger partial charge in [0, 0.05) is 18.5 Å². The summed E-state index contributed by atoms with van der Waals surface area (Å²) in [6, 6.07) is 8.24. The molecular formula is C18H24N4O2. The molecule has 1 N–H and O–H groups in total. The van der Waals surface area contributed by atoms with Gasteiger partial charge in [0.15, 0.2) is 0 Å². The van der Waals surface area contributed by atoms with Crippen LogP contribution in [0.3, 0.4) is 0 Å². The summed E-state index contributed by atoms with van der Waals surface area (Å²) in [4.78, 5) is 18.4. The van der Waals surface area contributed by atoms with E-state index < -0.39 is 0 Å². The summed E-state index contributed by atoms with van der Waals surface area (Å²) in [7, 11) is 1.70. The molecule has 3 rings (SSSR count). The second kappa shape index (κ2) is 7.57. The van der Waals surface area contributed by atoms with Crippen LogP contribution in [0, 0.1) is 5.92 Å². The number of hydrogen-bond acceptors (Lipinski definition) is 5. The standard InChI is InChI=1S/C18H24N4O2/c1-3-13-4-6-14(7-5-13)17-20-16(24-21-17)12-22-10-8-15(9-11-22)18(23)19-2/h4-7,15H,3,8-12H2,1-2H3,(H,19,23). The van der Waals surface area contributed by atoms with Crippen LogP contribution in [0.1, 0.15) is 31.2 Å². The van der Waals surface area contributed by atoms with E-state index in [-0.39, 0.29) is 11.8 Å². The highest BCUT2D eigenvalue weighted by atomic mass is 16.5. The van der Waals surface area contributed by atoms with Crippen molar-refractivity contribution in [2.45, 2.75) is 32.7 Å². The monoisotopic (exact) mass is 328 g/mol. The van der Waals surface area contributed by atoms with Crippen LogP contribution in [0.15, 0.2) is 28.8 Å². The maximum absolute atomic E-state index is 11.7. The van der Waals surface area contributed by atoms with E-state index in [1.807, 2.05) is 12.1 Å². The van der Waals surface area contributed by atoms with Crippen LogP contribution in [0.4, 0.5) is 0 Å². The van der Waals surface area contributed by atoms with E-state index in [1.54, 1.807) is 7.05 Å². The molecule has 1 aromatic carbocycles. The number of likely N-dealkylation sites (tertiary alicyclic amines) is 1. The van der Waals surface area contributed by atoms with E-state index in [1.165, 1.54) is 5.56 Å². The molecule has 2 heterocycles. The summed E-state index contributed by atoms with van der Waals surface area (Å²) in [6.45, 7) is 4.53. The molecule has 6 heteroatoms. The number of rotatable bonds is 5. The van der Waals surface area contributed by atoms with Crippen molar-refractivity contribution in [3.05, 3.63) is 35.7 Å². The van der Waals surface area contributed by atoms with Crippen LogP contribution < -0.4 is 5.32 Å². The van der Waals surface area contributed by atoms with Crippen molar-refractivity contribution >= 4 is 5.91 Å². The molecule has 0 spiro atoms. The highest BCUT2D eigenvalue weighted by Crippen LogP contribution is 2.21. The van der Waals surface area contributed by atoms with Gasteiger partial charge in [-0.1, -0.05) is 36.3 Å². The van der Waals surface area contributed by atoms with E-state index in [4.69, 9.17) is 4.52 Å². The van der Waals surface area contributed by atoms with Crippen LogP contribution in [-0.4, -0.2) is 41.1 Å². The number of amides is 1. The lowest BCUT2D eigenvalue weighted by Crippen LogP contribution is -2.39. The van der Waals surface area contributed by atoms with E-state index >= 15 is 0 Å². The average Bonchev–Trinajstić information content (AvgIpc) is 3.10. The molecule has 1 amide bonds. The number of aromatic nitrogens is 2. The van der Waals surface area contributed by atoms with E-state index in [9.17, 15) is 4.79 Å². The predicted molar refractivity (Wildman–Crippen MR) is 91.2 cm³/mol. The molecule has 6 nitrogen and oxygen atoms in total. The van der Waals surface area contributed by atoms with Crippen molar-refractivity contribution in [3.8, 4) is 11.4 Å². The van der Waals surface area contributed by atoms with Crippen molar-refractivity contribution < 1.29 is 9.32 Å². The van der Waals surface area contributed by atoms with Crippen molar-refractivity contribution in [1.29, 1.82) is 0 Å². The zero-order valence-corrected chi connectivity index (χ0v) is 14.3. The Bertz CT molecular complexity index is 673. The minimum Gasteiger partial charge on any atom is -0.359 e. The van der Waals surface area contributed by atoms with Gasteiger partial charge in [0.1, 0.15) is 0 Å². The summed E-state index contributed by atoms with van der Waals surface area (Å²) < 4.78 is 5.39. The second-order valence-corrected chi connectivity index (χ2v) is 6.23. The van der Waals surface area contributed by atoms with Gasteiger partial charge in [-0.25, -0.2) is 0 Å². The largest absolute Gasteiger partial charge is 0.359 e. The van der Waals surface area contributed by atoms with Crippen molar-refractivity contribution in [2.75, 3.05) is 20.1 Å². The van der Waals surface area contributed by atoms with Crippen LogP contribution in [0.25, 0.3) is 11.4 Å². The van der Waals surface area contributed by atoms with Crippen LogP contribution in [0.2, 0.25) is 0 Å². The summed E-state index contributed by atoms with van der Waals surface area (Å²) in [5.41, 5.74) is 2.27. The molecule has 0 aliphatic carbocycles. The Morgan fingerprint density at radius 1 is 1.29 bits per heavy atom. The molecule has 128 valence electrons. The van der Waals surface area contributed by atoms with Gasteiger partial charge < -0.3 is 9.84 Å². The van der Waals surface area contributed by atoms with Gasteiger partial charge in [-0.3, -0.25) is 9.69 Å². The van der Waals surface area contributed by atoms with E-state index in [0.717, 1.165) is 37.9 Å². The number of piperidine rings is 1. The third-order valence-electron chi connectivity index (χ3n) is 4.65. The fourth-order valence-corrected chi connectivity index (χ4v) is 3.07. The Morgan fingerprint density at radius 2 is 2.00 bits per heavy atom. The summed E-state index contributed by atoms with van der Waals surface area (Å²) in [5.74, 6) is 1.53. The minimum atomic E-state index is 0.126. The molecule has 24 heavy (non-hydrogen) atoms. The summed E-state index contributed by atoms with van der Waals surface area (Å²) >= 11 is 0. The fourth-order valence-electron chi connectivity index (χ4n) is 3.07. The number of carbonyl (C=O) groups is 1. The Labute approximate surface area is 142 Å². The SMILES string of the molecule is CCc1ccc(-c2noc(CN3CCC(C(=O)NC)CC3)n2)cc1. The van der Waals surface area contributed by atoms with Gasteiger partial charge in [-0.05, 0) is 37.9 Å². The molecule has 1 aliphatic rings. The number of hydrogen-bond donors (Lipinski definition) is 1. The molecule has 0 saturated carbocycles. The van der Waals surface area contributed by atoms with Gasteiger partial charge >= 0.3 is 0 Å².